The van der Waals surface area contributed by atoms with Gasteiger partial charge in [0, 0.05) is 33.3 Å². The van der Waals surface area contributed by atoms with Crippen molar-refractivity contribution < 1.29 is 44.0 Å². The maximum absolute atomic E-state index is 12.2. The SMILES string of the molecule is Nc1ccc2c(O)cc(S(=O)(=O)O)c(N=Nc3ccc4c(S(=O)(=O)O)cccc4c3S(=O)(=O)O)c2c1. The summed E-state index contributed by atoms with van der Waals surface area (Å²) in [6.07, 6.45) is 0. The fourth-order valence-electron chi connectivity index (χ4n) is 3.65. The molecule has 0 heterocycles. The first kappa shape index (κ1) is 25.4. The molecule has 0 fully saturated rings. The van der Waals surface area contributed by atoms with Crippen molar-refractivity contribution >= 4 is 69.0 Å². The van der Waals surface area contributed by atoms with E-state index in [1.165, 1.54) is 18.2 Å². The van der Waals surface area contributed by atoms with Crippen LogP contribution in [-0.4, -0.2) is 44.0 Å². The van der Waals surface area contributed by atoms with Crippen LogP contribution in [0.3, 0.4) is 0 Å². The molecule has 0 spiro atoms. The second-order valence-electron chi connectivity index (χ2n) is 7.44. The lowest BCUT2D eigenvalue weighted by atomic mass is 10.1. The molecule has 4 aromatic carbocycles. The Labute approximate surface area is 203 Å². The Hall–Kier alpha value is -3.67. The van der Waals surface area contributed by atoms with E-state index < -0.39 is 62.2 Å². The molecule has 16 heteroatoms. The third kappa shape index (κ3) is 4.60. The van der Waals surface area contributed by atoms with Crippen LogP contribution in [0.1, 0.15) is 0 Å². The molecule has 4 aromatic rings. The van der Waals surface area contributed by atoms with Crippen LogP contribution in [0.15, 0.2) is 79.5 Å². The number of nitrogens with zero attached hydrogens (tertiary/aromatic N) is 2. The smallest absolute Gasteiger partial charge is 0.297 e. The number of nitrogens with two attached hydrogens (primary N) is 1. The Morgan fingerprint density at radius 1 is 0.639 bits per heavy atom. The molecule has 0 aromatic heterocycles. The predicted molar refractivity (Wildman–Crippen MR) is 128 cm³/mol. The minimum Gasteiger partial charge on any atom is -0.507 e. The number of aromatic hydroxyl groups is 1. The van der Waals surface area contributed by atoms with E-state index in [4.69, 9.17) is 5.73 Å². The zero-order chi connectivity index (χ0) is 26.6. The minimum absolute atomic E-state index is 0.0609. The molecule has 0 aliphatic carbocycles. The molecule has 0 aliphatic rings. The lowest BCUT2D eigenvalue weighted by molar-refractivity contribution is 0.471. The summed E-state index contributed by atoms with van der Waals surface area (Å²) >= 11 is 0. The van der Waals surface area contributed by atoms with E-state index in [1.807, 2.05) is 0 Å². The lowest BCUT2D eigenvalue weighted by Crippen LogP contribution is -2.03. The molecule has 0 aliphatic heterocycles. The highest BCUT2D eigenvalue weighted by molar-refractivity contribution is 7.86. The Morgan fingerprint density at radius 3 is 1.89 bits per heavy atom. The maximum atomic E-state index is 12.2. The highest BCUT2D eigenvalue weighted by Crippen LogP contribution is 2.42. The molecule has 0 saturated heterocycles. The van der Waals surface area contributed by atoms with E-state index in [1.54, 1.807) is 0 Å². The van der Waals surface area contributed by atoms with Gasteiger partial charge in [-0.2, -0.15) is 25.3 Å². The molecule has 0 saturated carbocycles. The standard InChI is InChI=1S/C20H15N3O10S3/c21-10-4-5-11-14(8-10)19(18(9-16(11)24)35(28,29)30)23-22-15-7-6-12-13(20(15)36(31,32)33)2-1-3-17(12)34(25,26)27/h1-9,24H,21H2,(H,25,26,27)(H,28,29,30)(H,31,32,33). The second-order valence-corrected chi connectivity index (χ2v) is 11.6. The van der Waals surface area contributed by atoms with Crippen LogP contribution in [0.4, 0.5) is 17.1 Å². The number of rotatable bonds is 5. The van der Waals surface area contributed by atoms with Gasteiger partial charge in [-0.3, -0.25) is 13.7 Å². The number of phenolic OH excluding ortho intramolecular Hbond substituents is 1. The molecule has 13 nitrogen and oxygen atoms in total. The van der Waals surface area contributed by atoms with Crippen LogP contribution in [0, 0.1) is 0 Å². The minimum atomic E-state index is -5.08. The summed E-state index contributed by atoms with van der Waals surface area (Å²) in [6, 6.07) is 10.0. The summed E-state index contributed by atoms with van der Waals surface area (Å²) < 4.78 is 101. The van der Waals surface area contributed by atoms with E-state index in [2.05, 4.69) is 10.2 Å². The van der Waals surface area contributed by atoms with Crippen LogP contribution >= 0.6 is 0 Å². The third-order valence-electron chi connectivity index (χ3n) is 5.10. The number of nitrogen functional groups attached to an aromatic ring is 1. The number of hydrogen-bond acceptors (Lipinski definition) is 10. The third-order valence-corrected chi connectivity index (χ3v) is 7.82. The van der Waals surface area contributed by atoms with Crippen LogP contribution in [0.25, 0.3) is 21.5 Å². The molecule has 4 rings (SSSR count). The van der Waals surface area contributed by atoms with Gasteiger partial charge < -0.3 is 10.8 Å². The fraction of sp³-hybridized carbons (Fsp3) is 0. The zero-order valence-electron chi connectivity index (χ0n) is 17.6. The van der Waals surface area contributed by atoms with Crippen molar-refractivity contribution in [2.24, 2.45) is 10.2 Å². The van der Waals surface area contributed by atoms with Crippen LogP contribution in [0.5, 0.6) is 5.75 Å². The summed E-state index contributed by atoms with van der Waals surface area (Å²) in [5, 5.41) is 17.2. The molecular weight excluding hydrogens is 538 g/mol. The first-order valence-electron chi connectivity index (χ1n) is 9.54. The van der Waals surface area contributed by atoms with Gasteiger partial charge >= 0.3 is 0 Å². The summed E-state index contributed by atoms with van der Waals surface area (Å²) in [4.78, 5) is -2.39. The second kappa shape index (κ2) is 8.47. The van der Waals surface area contributed by atoms with Gasteiger partial charge in [-0.25, -0.2) is 0 Å². The van der Waals surface area contributed by atoms with Gasteiger partial charge in [0.1, 0.15) is 31.8 Å². The van der Waals surface area contributed by atoms with E-state index in [0.29, 0.717) is 6.07 Å². The van der Waals surface area contributed by atoms with Crippen LogP contribution < -0.4 is 5.73 Å². The first-order valence-corrected chi connectivity index (χ1v) is 13.9. The van der Waals surface area contributed by atoms with Crippen molar-refractivity contribution in [2.45, 2.75) is 14.7 Å². The Balaban J connectivity index is 2.08. The number of hydrogen-bond donors (Lipinski definition) is 5. The average molecular weight is 554 g/mol. The summed E-state index contributed by atoms with van der Waals surface area (Å²) in [5.74, 6) is -0.529. The fourth-order valence-corrected chi connectivity index (χ4v) is 5.84. The Morgan fingerprint density at radius 2 is 1.28 bits per heavy atom. The van der Waals surface area contributed by atoms with Crippen molar-refractivity contribution in [1.82, 2.24) is 0 Å². The van der Waals surface area contributed by atoms with E-state index in [9.17, 15) is 44.0 Å². The van der Waals surface area contributed by atoms with Gasteiger partial charge in [0.15, 0.2) is 0 Å². The van der Waals surface area contributed by atoms with Crippen molar-refractivity contribution in [1.29, 1.82) is 0 Å². The largest absolute Gasteiger partial charge is 0.507 e. The molecule has 36 heavy (non-hydrogen) atoms. The van der Waals surface area contributed by atoms with E-state index in [-0.39, 0.29) is 27.2 Å². The molecular formula is C20H15N3O10S3. The quantitative estimate of drug-likeness (QED) is 0.136. The topological polar surface area (TPSA) is 234 Å². The highest BCUT2D eigenvalue weighted by atomic mass is 32.2. The van der Waals surface area contributed by atoms with Gasteiger partial charge in [-0.15, -0.1) is 10.2 Å². The molecule has 6 N–H and O–H groups in total. The Kier molecular flexibility index (Phi) is 5.98. The molecule has 0 radical (unpaired) electrons. The number of anilines is 1. The lowest BCUT2D eigenvalue weighted by Gasteiger charge is -2.11. The number of benzene rings is 4. The van der Waals surface area contributed by atoms with Gasteiger partial charge in [-0.1, -0.05) is 18.2 Å². The van der Waals surface area contributed by atoms with Crippen molar-refractivity contribution in [3.63, 3.8) is 0 Å². The zero-order valence-corrected chi connectivity index (χ0v) is 20.1. The normalized spacial score (nSPS) is 13.1. The van der Waals surface area contributed by atoms with Crippen molar-refractivity contribution in [3.05, 3.63) is 54.6 Å². The number of fused-ring (bicyclic) bond motifs is 2. The molecule has 0 unspecified atom stereocenters. The van der Waals surface area contributed by atoms with Gasteiger partial charge in [0.25, 0.3) is 30.4 Å². The average Bonchev–Trinajstić information content (AvgIpc) is 2.75. The van der Waals surface area contributed by atoms with Crippen molar-refractivity contribution in [3.8, 4) is 5.75 Å². The Bertz CT molecular complexity index is 1940. The summed E-state index contributed by atoms with van der Waals surface area (Å²) in [6.45, 7) is 0. The predicted octanol–water partition coefficient (Wildman–Crippen LogP) is 3.44. The van der Waals surface area contributed by atoms with Gasteiger partial charge in [0.05, 0.1) is 0 Å². The summed E-state index contributed by atoms with van der Waals surface area (Å²) in [5.41, 5.74) is 4.84. The van der Waals surface area contributed by atoms with Crippen LogP contribution in [0.2, 0.25) is 0 Å². The summed E-state index contributed by atoms with van der Waals surface area (Å²) in [7, 11) is -14.8. The van der Waals surface area contributed by atoms with Gasteiger partial charge in [0.2, 0.25) is 0 Å². The van der Waals surface area contributed by atoms with E-state index >= 15 is 0 Å². The maximum Gasteiger partial charge on any atom is 0.297 e. The van der Waals surface area contributed by atoms with E-state index in [0.717, 1.165) is 30.3 Å². The number of azo groups is 1. The molecule has 0 atom stereocenters. The van der Waals surface area contributed by atoms with Crippen LogP contribution in [-0.2, 0) is 30.4 Å². The van der Waals surface area contributed by atoms with Crippen molar-refractivity contribution in [2.75, 3.05) is 5.73 Å². The molecule has 0 bridgehead atoms. The number of phenols is 1. The highest BCUT2D eigenvalue weighted by Gasteiger charge is 2.25. The molecule has 188 valence electrons. The van der Waals surface area contributed by atoms with Gasteiger partial charge in [-0.05, 0) is 30.3 Å². The monoisotopic (exact) mass is 553 g/mol. The first-order chi connectivity index (χ1) is 16.6. The molecule has 0 amide bonds.